The Bertz CT molecular complexity index is 605. The zero-order valence-corrected chi connectivity index (χ0v) is 11.7. The van der Waals surface area contributed by atoms with Crippen LogP contribution in [0.1, 0.15) is 24.2 Å². The number of aliphatic carboxylic acids is 1. The summed E-state index contributed by atoms with van der Waals surface area (Å²) in [5.41, 5.74) is 0.342. The number of carbonyl (C=O) groups excluding carboxylic acids is 1. The molecule has 0 amide bonds. The second kappa shape index (κ2) is 6.12. The topological polar surface area (TPSA) is 121 Å². The second-order valence-electron chi connectivity index (χ2n) is 4.26. The molecule has 0 aliphatic rings. The van der Waals surface area contributed by atoms with Crippen molar-refractivity contribution in [1.82, 2.24) is 4.72 Å². The molecule has 0 aliphatic carbocycles. The Balaban J connectivity index is 3.04. The largest absolute Gasteiger partial charge is 0.480 e. The molecule has 3 N–H and O–H groups in total. The molecule has 2 atom stereocenters. The summed E-state index contributed by atoms with van der Waals surface area (Å²) in [5.74, 6) is -1.70. The summed E-state index contributed by atoms with van der Waals surface area (Å²) in [5, 5.41) is 18.1. The lowest BCUT2D eigenvalue weighted by Crippen LogP contribution is -2.47. The monoisotopic (exact) mass is 301 g/mol. The number of nitrogens with one attached hydrogen (secondary N) is 1. The van der Waals surface area contributed by atoms with Crippen molar-refractivity contribution >= 4 is 21.8 Å². The van der Waals surface area contributed by atoms with Crippen molar-refractivity contribution in [2.24, 2.45) is 0 Å². The van der Waals surface area contributed by atoms with Crippen LogP contribution in [0.5, 0.6) is 0 Å². The minimum Gasteiger partial charge on any atom is -0.480 e. The van der Waals surface area contributed by atoms with E-state index in [9.17, 15) is 23.1 Å². The molecule has 1 rings (SSSR count). The predicted molar refractivity (Wildman–Crippen MR) is 69.9 cm³/mol. The Morgan fingerprint density at radius 3 is 2.05 bits per heavy atom. The number of ketones is 1. The number of aliphatic hydroxyl groups excluding tert-OH is 1. The van der Waals surface area contributed by atoms with E-state index in [1.54, 1.807) is 0 Å². The molecule has 0 saturated heterocycles. The van der Waals surface area contributed by atoms with Crippen molar-refractivity contribution in [3.05, 3.63) is 29.8 Å². The summed E-state index contributed by atoms with van der Waals surface area (Å²) in [6.07, 6.45) is -1.39. The maximum atomic E-state index is 12.0. The third kappa shape index (κ3) is 3.86. The van der Waals surface area contributed by atoms with E-state index in [0.29, 0.717) is 5.56 Å². The minimum absolute atomic E-state index is 0.186. The fraction of sp³-hybridized carbons (Fsp3) is 0.333. The molecule has 20 heavy (non-hydrogen) atoms. The van der Waals surface area contributed by atoms with Crippen LogP contribution in [0, 0.1) is 0 Å². The maximum absolute atomic E-state index is 12.0. The summed E-state index contributed by atoms with van der Waals surface area (Å²) < 4.78 is 25.8. The fourth-order valence-corrected chi connectivity index (χ4v) is 2.72. The number of hydrogen-bond donors (Lipinski definition) is 3. The molecule has 0 heterocycles. The van der Waals surface area contributed by atoms with E-state index in [-0.39, 0.29) is 10.7 Å². The molecule has 0 aromatic heterocycles. The second-order valence-corrected chi connectivity index (χ2v) is 5.97. The number of aliphatic hydroxyl groups is 1. The van der Waals surface area contributed by atoms with Gasteiger partial charge in [0.25, 0.3) is 0 Å². The van der Waals surface area contributed by atoms with E-state index < -0.39 is 28.1 Å². The van der Waals surface area contributed by atoms with Crippen LogP contribution in [0.25, 0.3) is 0 Å². The number of sulfonamides is 1. The number of carbonyl (C=O) groups is 2. The van der Waals surface area contributed by atoms with Gasteiger partial charge in [0.2, 0.25) is 10.0 Å². The Morgan fingerprint density at radius 1 is 1.20 bits per heavy atom. The van der Waals surface area contributed by atoms with Crippen molar-refractivity contribution in [1.29, 1.82) is 0 Å². The highest BCUT2D eigenvalue weighted by Crippen LogP contribution is 2.12. The molecule has 1 aromatic rings. The molecular formula is C12H15NO6S. The van der Waals surface area contributed by atoms with Crippen molar-refractivity contribution in [2.45, 2.75) is 30.9 Å². The molecule has 0 fully saturated rings. The normalized spacial score (nSPS) is 14.6. The van der Waals surface area contributed by atoms with E-state index in [4.69, 9.17) is 5.11 Å². The van der Waals surface area contributed by atoms with Crippen LogP contribution in [0.3, 0.4) is 0 Å². The van der Waals surface area contributed by atoms with Gasteiger partial charge in [-0.2, -0.15) is 4.72 Å². The van der Waals surface area contributed by atoms with E-state index in [1.807, 2.05) is 4.72 Å². The van der Waals surface area contributed by atoms with E-state index in [1.165, 1.54) is 38.1 Å². The van der Waals surface area contributed by atoms with Gasteiger partial charge in [-0.05, 0) is 26.0 Å². The zero-order valence-electron chi connectivity index (χ0n) is 10.9. The molecule has 2 unspecified atom stereocenters. The van der Waals surface area contributed by atoms with Gasteiger partial charge in [-0.3, -0.25) is 9.59 Å². The first kappa shape index (κ1) is 16.3. The third-order valence-corrected chi connectivity index (χ3v) is 4.06. The van der Waals surface area contributed by atoms with Crippen molar-refractivity contribution in [3.63, 3.8) is 0 Å². The van der Waals surface area contributed by atoms with Crippen LogP contribution < -0.4 is 4.72 Å². The third-order valence-electron chi connectivity index (χ3n) is 2.60. The Kier molecular flexibility index (Phi) is 4.98. The van der Waals surface area contributed by atoms with Gasteiger partial charge in [-0.25, -0.2) is 8.42 Å². The first-order valence-electron chi connectivity index (χ1n) is 5.69. The van der Waals surface area contributed by atoms with Crippen LogP contribution in [-0.4, -0.2) is 42.5 Å². The average molecular weight is 301 g/mol. The summed E-state index contributed by atoms with van der Waals surface area (Å²) in [6.45, 7) is 2.51. The Labute approximate surface area is 116 Å². The van der Waals surface area contributed by atoms with Crippen molar-refractivity contribution in [3.8, 4) is 0 Å². The quantitative estimate of drug-likeness (QED) is 0.636. The first-order chi connectivity index (χ1) is 9.15. The summed E-state index contributed by atoms with van der Waals surface area (Å²) in [7, 11) is -4.09. The molecule has 0 aliphatic heterocycles. The van der Waals surface area contributed by atoms with Crippen LogP contribution in [0.2, 0.25) is 0 Å². The highest BCUT2D eigenvalue weighted by Gasteiger charge is 2.29. The Morgan fingerprint density at radius 2 is 1.70 bits per heavy atom. The molecule has 0 spiro atoms. The molecule has 0 saturated carbocycles. The van der Waals surface area contributed by atoms with Gasteiger partial charge in [-0.1, -0.05) is 12.1 Å². The van der Waals surface area contributed by atoms with Crippen LogP contribution in [-0.2, 0) is 14.8 Å². The SMILES string of the molecule is CC(=O)c1ccc(S(=O)(=O)NC(C(=O)O)C(C)O)cc1. The molecule has 110 valence electrons. The number of carboxylic acid groups (broad SMARTS) is 1. The highest BCUT2D eigenvalue weighted by atomic mass is 32.2. The van der Waals surface area contributed by atoms with Gasteiger partial charge in [0.1, 0.15) is 6.04 Å². The van der Waals surface area contributed by atoms with Gasteiger partial charge in [0.05, 0.1) is 11.0 Å². The standard InChI is InChI=1S/C12H15NO6S/c1-7(14)9-3-5-10(6-4-9)20(18,19)13-11(8(2)15)12(16)17/h3-6,8,11,13,15H,1-2H3,(H,16,17). The van der Waals surface area contributed by atoms with E-state index in [0.717, 1.165) is 0 Å². The summed E-state index contributed by atoms with van der Waals surface area (Å²) in [4.78, 5) is 21.8. The lowest BCUT2D eigenvalue weighted by atomic mass is 10.2. The smallest absolute Gasteiger partial charge is 0.324 e. The van der Waals surface area contributed by atoms with Gasteiger partial charge >= 0.3 is 5.97 Å². The molecule has 8 heteroatoms. The van der Waals surface area contributed by atoms with Crippen LogP contribution >= 0.6 is 0 Å². The first-order valence-corrected chi connectivity index (χ1v) is 7.17. The van der Waals surface area contributed by atoms with Gasteiger partial charge in [0, 0.05) is 5.56 Å². The van der Waals surface area contributed by atoms with Crippen LogP contribution in [0.15, 0.2) is 29.2 Å². The lowest BCUT2D eigenvalue weighted by Gasteiger charge is -2.17. The zero-order chi connectivity index (χ0) is 15.5. The fourth-order valence-electron chi connectivity index (χ4n) is 1.46. The number of benzene rings is 1. The molecule has 0 bridgehead atoms. The summed E-state index contributed by atoms with van der Waals surface area (Å²) in [6, 6.07) is 3.40. The van der Waals surface area contributed by atoms with Crippen LogP contribution in [0.4, 0.5) is 0 Å². The van der Waals surface area contributed by atoms with E-state index in [2.05, 4.69) is 0 Å². The van der Waals surface area contributed by atoms with Gasteiger partial charge < -0.3 is 10.2 Å². The van der Waals surface area contributed by atoms with Crippen molar-refractivity contribution < 1.29 is 28.2 Å². The summed E-state index contributed by atoms with van der Waals surface area (Å²) >= 11 is 0. The average Bonchev–Trinajstić information content (AvgIpc) is 2.35. The molecule has 0 radical (unpaired) electrons. The number of rotatable bonds is 6. The highest BCUT2D eigenvalue weighted by molar-refractivity contribution is 7.89. The van der Waals surface area contributed by atoms with Crippen molar-refractivity contribution in [2.75, 3.05) is 0 Å². The molecule has 7 nitrogen and oxygen atoms in total. The minimum atomic E-state index is -4.09. The molecule has 1 aromatic carbocycles. The number of hydrogen-bond acceptors (Lipinski definition) is 5. The van der Waals surface area contributed by atoms with Gasteiger partial charge in [-0.15, -0.1) is 0 Å². The maximum Gasteiger partial charge on any atom is 0.324 e. The Hall–Kier alpha value is -1.77. The molecular weight excluding hydrogens is 286 g/mol. The van der Waals surface area contributed by atoms with E-state index >= 15 is 0 Å². The lowest BCUT2D eigenvalue weighted by molar-refractivity contribution is -0.141. The predicted octanol–water partition coefficient (Wildman–Crippen LogP) is 0.00150. The van der Waals surface area contributed by atoms with Gasteiger partial charge in [0.15, 0.2) is 5.78 Å². The number of Topliss-reactive ketones (excluding diaryl/α,β-unsaturated/α-hetero) is 1. The number of carboxylic acids is 1.